The van der Waals surface area contributed by atoms with Gasteiger partial charge >= 0.3 is 0 Å². The van der Waals surface area contributed by atoms with Crippen LogP contribution in [0.1, 0.15) is 26.2 Å². The molecule has 0 saturated carbocycles. The quantitative estimate of drug-likeness (QED) is 0.526. The largest absolute Gasteiger partial charge is 0.285 e. The SMILES string of the molecule is CCC1=C([C]=O)CC1. The second kappa shape index (κ2) is 2.12. The van der Waals surface area contributed by atoms with Crippen LogP contribution >= 0.6 is 0 Å². The summed E-state index contributed by atoms with van der Waals surface area (Å²) in [5.41, 5.74) is 2.23. The third-order valence-electron chi connectivity index (χ3n) is 1.65. The maximum atomic E-state index is 9.97. The second-order valence-corrected chi connectivity index (χ2v) is 2.04. The van der Waals surface area contributed by atoms with E-state index in [1.807, 2.05) is 6.29 Å². The molecular weight excluding hydrogens is 100 g/mol. The zero-order valence-electron chi connectivity index (χ0n) is 5.03. The monoisotopic (exact) mass is 109 g/mol. The molecule has 1 heteroatoms. The van der Waals surface area contributed by atoms with Gasteiger partial charge in [0.05, 0.1) is 0 Å². The Morgan fingerprint density at radius 2 is 2.38 bits per heavy atom. The van der Waals surface area contributed by atoms with E-state index in [1.54, 1.807) is 0 Å². The third-order valence-corrected chi connectivity index (χ3v) is 1.65. The lowest BCUT2D eigenvalue weighted by Crippen LogP contribution is -2.03. The van der Waals surface area contributed by atoms with E-state index in [0.717, 1.165) is 24.8 Å². The Morgan fingerprint density at radius 3 is 2.50 bits per heavy atom. The van der Waals surface area contributed by atoms with Crippen molar-refractivity contribution in [3.05, 3.63) is 11.1 Å². The summed E-state index contributed by atoms with van der Waals surface area (Å²) in [6, 6.07) is 0. The highest BCUT2D eigenvalue weighted by Crippen LogP contribution is 2.27. The molecule has 0 unspecified atom stereocenters. The number of allylic oxidation sites excluding steroid dienone is 2. The van der Waals surface area contributed by atoms with Crippen molar-refractivity contribution >= 4 is 6.29 Å². The summed E-state index contributed by atoms with van der Waals surface area (Å²) in [6.45, 7) is 2.08. The molecule has 1 radical (unpaired) electrons. The van der Waals surface area contributed by atoms with Crippen LogP contribution in [0.15, 0.2) is 11.1 Å². The fourth-order valence-electron chi connectivity index (χ4n) is 0.940. The van der Waals surface area contributed by atoms with Gasteiger partial charge in [-0.1, -0.05) is 12.5 Å². The molecule has 1 aliphatic rings. The predicted octanol–water partition coefficient (Wildman–Crippen LogP) is 1.60. The lowest BCUT2D eigenvalue weighted by atomic mass is 9.88. The Hall–Kier alpha value is -0.590. The average molecular weight is 109 g/mol. The van der Waals surface area contributed by atoms with E-state index in [4.69, 9.17) is 0 Å². The lowest BCUT2D eigenvalue weighted by Gasteiger charge is -2.16. The fraction of sp³-hybridized carbons (Fsp3) is 0.571. The molecule has 1 rings (SSSR count). The van der Waals surface area contributed by atoms with E-state index < -0.39 is 0 Å². The summed E-state index contributed by atoms with van der Waals surface area (Å²) >= 11 is 0. The molecule has 8 heavy (non-hydrogen) atoms. The average Bonchev–Trinajstić information content (AvgIpc) is 1.66. The first-order chi connectivity index (χ1) is 3.88. The zero-order valence-corrected chi connectivity index (χ0v) is 5.03. The fourth-order valence-corrected chi connectivity index (χ4v) is 0.940. The van der Waals surface area contributed by atoms with Gasteiger partial charge in [0.25, 0.3) is 0 Å². The van der Waals surface area contributed by atoms with Gasteiger partial charge in [0.2, 0.25) is 6.29 Å². The van der Waals surface area contributed by atoms with Crippen LogP contribution in [0.25, 0.3) is 0 Å². The third kappa shape index (κ3) is 0.683. The molecule has 43 valence electrons. The van der Waals surface area contributed by atoms with Crippen LogP contribution in [-0.4, -0.2) is 6.29 Å². The number of hydrogen-bond donors (Lipinski definition) is 0. The van der Waals surface area contributed by atoms with Crippen molar-refractivity contribution in [3.63, 3.8) is 0 Å². The molecule has 0 amide bonds. The highest BCUT2D eigenvalue weighted by Gasteiger charge is 2.13. The van der Waals surface area contributed by atoms with E-state index in [-0.39, 0.29) is 0 Å². The predicted molar refractivity (Wildman–Crippen MR) is 32.2 cm³/mol. The molecular formula is C7H9O. The van der Waals surface area contributed by atoms with Crippen LogP contribution in [-0.2, 0) is 4.79 Å². The van der Waals surface area contributed by atoms with Gasteiger partial charge in [0, 0.05) is 5.57 Å². The molecule has 0 heterocycles. The Morgan fingerprint density at radius 1 is 1.62 bits per heavy atom. The smallest absolute Gasteiger partial charge is 0.229 e. The standard InChI is InChI=1S/C7H9O/c1-2-6-3-4-7(6)5-8/h2-4H2,1H3. The van der Waals surface area contributed by atoms with Crippen molar-refractivity contribution < 1.29 is 4.79 Å². The number of hydrogen-bond acceptors (Lipinski definition) is 1. The first-order valence-electron chi connectivity index (χ1n) is 2.97. The minimum atomic E-state index is 0.924. The Labute approximate surface area is 49.4 Å². The molecule has 0 N–H and O–H groups in total. The van der Waals surface area contributed by atoms with Gasteiger partial charge in [0.1, 0.15) is 0 Å². The topological polar surface area (TPSA) is 17.1 Å². The van der Waals surface area contributed by atoms with Crippen LogP contribution in [0.4, 0.5) is 0 Å². The number of carbonyl (C=O) groups excluding carboxylic acids is 1. The van der Waals surface area contributed by atoms with Gasteiger partial charge in [-0.25, -0.2) is 0 Å². The van der Waals surface area contributed by atoms with Crippen LogP contribution in [0.5, 0.6) is 0 Å². The summed E-state index contributed by atoms with van der Waals surface area (Å²) < 4.78 is 0. The van der Waals surface area contributed by atoms with E-state index in [1.165, 1.54) is 5.57 Å². The van der Waals surface area contributed by atoms with Crippen LogP contribution in [0, 0.1) is 0 Å². The highest BCUT2D eigenvalue weighted by atomic mass is 16.1. The van der Waals surface area contributed by atoms with Gasteiger partial charge in [-0.2, -0.15) is 0 Å². The van der Waals surface area contributed by atoms with Gasteiger partial charge < -0.3 is 0 Å². The number of rotatable bonds is 2. The molecule has 0 saturated heterocycles. The minimum Gasteiger partial charge on any atom is -0.285 e. The van der Waals surface area contributed by atoms with Crippen LogP contribution in [0.3, 0.4) is 0 Å². The maximum Gasteiger partial charge on any atom is 0.229 e. The van der Waals surface area contributed by atoms with Crippen LogP contribution in [0.2, 0.25) is 0 Å². The maximum absolute atomic E-state index is 9.97. The van der Waals surface area contributed by atoms with Gasteiger partial charge in [-0.05, 0) is 19.3 Å². The summed E-state index contributed by atoms with van der Waals surface area (Å²) in [5, 5.41) is 0. The summed E-state index contributed by atoms with van der Waals surface area (Å²) in [7, 11) is 0. The molecule has 0 atom stereocenters. The van der Waals surface area contributed by atoms with Crippen molar-refractivity contribution in [2.75, 3.05) is 0 Å². The molecule has 0 bridgehead atoms. The van der Waals surface area contributed by atoms with E-state index >= 15 is 0 Å². The molecule has 0 spiro atoms. The minimum absolute atomic E-state index is 0.924. The lowest BCUT2D eigenvalue weighted by molar-refractivity contribution is 0.555. The molecule has 0 fully saturated rings. The summed E-state index contributed by atoms with van der Waals surface area (Å²) in [6.07, 6.45) is 5.06. The van der Waals surface area contributed by atoms with Crippen molar-refractivity contribution in [3.8, 4) is 0 Å². The summed E-state index contributed by atoms with van der Waals surface area (Å²) in [5.74, 6) is 0. The first-order valence-corrected chi connectivity index (χ1v) is 2.97. The van der Waals surface area contributed by atoms with Gasteiger partial charge in [-0.3, -0.25) is 4.79 Å². The molecule has 0 aromatic carbocycles. The molecule has 0 aromatic heterocycles. The van der Waals surface area contributed by atoms with Crippen molar-refractivity contribution in [2.45, 2.75) is 26.2 Å². The van der Waals surface area contributed by atoms with E-state index in [0.29, 0.717) is 0 Å². The molecule has 1 aliphatic carbocycles. The highest BCUT2D eigenvalue weighted by molar-refractivity contribution is 5.77. The Kier molecular flexibility index (Phi) is 1.47. The molecule has 1 nitrogen and oxygen atoms in total. The summed E-state index contributed by atoms with van der Waals surface area (Å²) in [4.78, 5) is 9.97. The van der Waals surface area contributed by atoms with E-state index in [2.05, 4.69) is 6.92 Å². The zero-order chi connectivity index (χ0) is 5.98. The van der Waals surface area contributed by atoms with Crippen molar-refractivity contribution in [1.82, 2.24) is 0 Å². The normalized spacial score (nSPS) is 18.1. The van der Waals surface area contributed by atoms with Gasteiger partial charge in [0.15, 0.2) is 0 Å². The Bertz CT molecular complexity index is 133. The Balaban J connectivity index is 2.62. The first kappa shape index (κ1) is 5.54. The second-order valence-electron chi connectivity index (χ2n) is 2.04. The molecule has 0 aliphatic heterocycles. The van der Waals surface area contributed by atoms with Crippen molar-refractivity contribution in [1.29, 1.82) is 0 Å². The van der Waals surface area contributed by atoms with E-state index in [9.17, 15) is 4.79 Å². The van der Waals surface area contributed by atoms with Gasteiger partial charge in [-0.15, -0.1) is 0 Å². The van der Waals surface area contributed by atoms with Crippen LogP contribution < -0.4 is 0 Å². The molecule has 0 aromatic rings. The van der Waals surface area contributed by atoms with Crippen molar-refractivity contribution in [2.24, 2.45) is 0 Å².